The van der Waals surface area contributed by atoms with Gasteiger partial charge < -0.3 is 15.0 Å². The molecule has 0 saturated carbocycles. The van der Waals surface area contributed by atoms with Crippen molar-refractivity contribution < 1.29 is 9.53 Å². The zero-order chi connectivity index (χ0) is 19.3. The van der Waals surface area contributed by atoms with Gasteiger partial charge in [0.1, 0.15) is 5.82 Å². The Morgan fingerprint density at radius 1 is 1.18 bits per heavy atom. The maximum absolute atomic E-state index is 12.5. The van der Waals surface area contributed by atoms with Gasteiger partial charge in [0.2, 0.25) is 5.91 Å². The molecule has 1 N–H and O–H groups in total. The van der Waals surface area contributed by atoms with Crippen LogP contribution in [0.4, 0.5) is 5.82 Å². The fourth-order valence-electron chi connectivity index (χ4n) is 3.90. The predicted molar refractivity (Wildman–Crippen MR) is 109 cm³/mol. The lowest BCUT2D eigenvalue weighted by molar-refractivity contribution is -0.126. The van der Waals surface area contributed by atoms with E-state index in [1.165, 1.54) is 5.56 Å². The minimum atomic E-state index is 0.0797. The molecule has 1 amide bonds. The minimum absolute atomic E-state index is 0.0797. The summed E-state index contributed by atoms with van der Waals surface area (Å²) in [5.74, 6) is 1.92. The van der Waals surface area contributed by atoms with Crippen molar-refractivity contribution in [3.05, 3.63) is 42.1 Å². The lowest BCUT2D eigenvalue weighted by atomic mass is 9.96. The van der Waals surface area contributed by atoms with Gasteiger partial charge in [0.05, 0.1) is 6.10 Å². The summed E-state index contributed by atoms with van der Waals surface area (Å²) < 4.78 is 5.58. The van der Waals surface area contributed by atoms with Crippen LogP contribution in [-0.4, -0.2) is 48.2 Å². The summed E-state index contributed by atoms with van der Waals surface area (Å²) in [6.07, 6.45) is 5.86. The number of rotatable bonds is 5. The third-order valence-corrected chi connectivity index (χ3v) is 5.67. The molecule has 1 unspecified atom stereocenters. The van der Waals surface area contributed by atoms with Gasteiger partial charge in [0.25, 0.3) is 0 Å². The van der Waals surface area contributed by atoms with Crippen LogP contribution >= 0.6 is 0 Å². The fourth-order valence-corrected chi connectivity index (χ4v) is 3.90. The van der Waals surface area contributed by atoms with E-state index in [0.29, 0.717) is 6.54 Å². The van der Waals surface area contributed by atoms with Crippen LogP contribution in [0.1, 0.15) is 31.2 Å². The van der Waals surface area contributed by atoms with Crippen molar-refractivity contribution in [1.82, 2.24) is 15.3 Å². The summed E-state index contributed by atoms with van der Waals surface area (Å²) in [7, 11) is 0. The highest BCUT2D eigenvalue weighted by atomic mass is 16.5. The van der Waals surface area contributed by atoms with E-state index in [4.69, 9.17) is 9.72 Å². The Morgan fingerprint density at radius 3 is 2.68 bits per heavy atom. The summed E-state index contributed by atoms with van der Waals surface area (Å²) >= 11 is 0. The SMILES string of the molecule is Cc1ccc(-c2nccc(N3CCC(C(=O)NCC4CCCO4)CC3)n2)cc1. The molecule has 0 spiro atoms. The number of amides is 1. The summed E-state index contributed by atoms with van der Waals surface area (Å²) in [5.41, 5.74) is 2.25. The molecule has 1 atom stereocenters. The van der Waals surface area contributed by atoms with Gasteiger partial charge in [-0.25, -0.2) is 9.97 Å². The van der Waals surface area contributed by atoms with Crippen LogP contribution in [0, 0.1) is 12.8 Å². The number of nitrogens with zero attached hydrogens (tertiary/aromatic N) is 3. The number of hydrogen-bond donors (Lipinski definition) is 1. The number of carbonyl (C=O) groups is 1. The van der Waals surface area contributed by atoms with E-state index in [1.807, 2.05) is 12.3 Å². The molecule has 2 saturated heterocycles. The maximum Gasteiger partial charge on any atom is 0.223 e. The topological polar surface area (TPSA) is 67.4 Å². The Balaban J connectivity index is 1.32. The van der Waals surface area contributed by atoms with Crippen molar-refractivity contribution in [3.63, 3.8) is 0 Å². The molecule has 6 heteroatoms. The molecule has 2 fully saturated rings. The van der Waals surface area contributed by atoms with Gasteiger partial charge in [0, 0.05) is 43.9 Å². The van der Waals surface area contributed by atoms with Crippen LogP contribution in [-0.2, 0) is 9.53 Å². The first-order chi connectivity index (χ1) is 13.7. The van der Waals surface area contributed by atoms with E-state index < -0.39 is 0 Å². The highest BCUT2D eigenvalue weighted by Gasteiger charge is 2.26. The number of aryl methyl sites for hydroxylation is 1. The van der Waals surface area contributed by atoms with Gasteiger partial charge in [-0.2, -0.15) is 0 Å². The molecule has 1 aromatic carbocycles. The fraction of sp³-hybridized carbons (Fsp3) is 0.500. The number of ether oxygens (including phenoxy) is 1. The number of carbonyl (C=O) groups excluding carboxylic acids is 1. The molecule has 28 heavy (non-hydrogen) atoms. The van der Waals surface area contributed by atoms with Crippen LogP contribution in [0.5, 0.6) is 0 Å². The van der Waals surface area contributed by atoms with Crippen LogP contribution in [0.2, 0.25) is 0 Å². The molecule has 1 aromatic heterocycles. The number of aromatic nitrogens is 2. The van der Waals surface area contributed by atoms with Crippen molar-refractivity contribution >= 4 is 11.7 Å². The smallest absolute Gasteiger partial charge is 0.223 e. The number of hydrogen-bond acceptors (Lipinski definition) is 5. The van der Waals surface area contributed by atoms with Crippen molar-refractivity contribution in [3.8, 4) is 11.4 Å². The van der Waals surface area contributed by atoms with Gasteiger partial charge in [-0.3, -0.25) is 4.79 Å². The second-order valence-corrected chi connectivity index (χ2v) is 7.75. The van der Waals surface area contributed by atoms with Crippen molar-refractivity contribution in [1.29, 1.82) is 0 Å². The van der Waals surface area contributed by atoms with Gasteiger partial charge >= 0.3 is 0 Å². The van der Waals surface area contributed by atoms with Gasteiger partial charge in [-0.05, 0) is 38.7 Å². The first-order valence-corrected chi connectivity index (χ1v) is 10.2. The van der Waals surface area contributed by atoms with Crippen LogP contribution in [0.15, 0.2) is 36.5 Å². The Hall–Kier alpha value is -2.47. The molecule has 3 heterocycles. The maximum atomic E-state index is 12.5. The molecule has 4 rings (SSSR count). The zero-order valence-corrected chi connectivity index (χ0v) is 16.4. The Kier molecular flexibility index (Phi) is 5.86. The van der Waals surface area contributed by atoms with E-state index in [2.05, 4.69) is 46.4 Å². The monoisotopic (exact) mass is 380 g/mol. The average molecular weight is 380 g/mol. The van der Waals surface area contributed by atoms with Gasteiger partial charge in [0.15, 0.2) is 5.82 Å². The van der Waals surface area contributed by atoms with Crippen LogP contribution < -0.4 is 10.2 Å². The predicted octanol–water partition coefficient (Wildman–Crippen LogP) is 2.96. The molecule has 2 aromatic rings. The van der Waals surface area contributed by atoms with E-state index in [9.17, 15) is 4.79 Å². The number of anilines is 1. The van der Waals surface area contributed by atoms with Crippen LogP contribution in [0.25, 0.3) is 11.4 Å². The molecule has 0 aliphatic carbocycles. The molecule has 2 aliphatic rings. The normalized spacial score (nSPS) is 20.3. The molecule has 148 valence electrons. The standard InChI is InChI=1S/C22H28N4O2/c1-16-4-6-17(7-5-16)21-23-11-8-20(25-21)26-12-9-18(10-13-26)22(27)24-15-19-3-2-14-28-19/h4-8,11,18-19H,2-3,9-10,12-15H2,1H3,(H,24,27). The lowest BCUT2D eigenvalue weighted by Crippen LogP contribution is -2.42. The highest BCUT2D eigenvalue weighted by Crippen LogP contribution is 2.24. The van der Waals surface area contributed by atoms with E-state index in [-0.39, 0.29) is 17.9 Å². The first kappa shape index (κ1) is 18.9. The summed E-state index contributed by atoms with van der Waals surface area (Å²) in [4.78, 5) is 23.9. The summed E-state index contributed by atoms with van der Waals surface area (Å²) in [5, 5.41) is 3.08. The molecule has 0 bridgehead atoms. The van der Waals surface area contributed by atoms with Gasteiger partial charge in [-0.1, -0.05) is 29.8 Å². The second-order valence-electron chi connectivity index (χ2n) is 7.75. The third-order valence-electron chi connectivity index (χ3n) is 5.67. The molecule has 6 nitrogen and oxygen atoms in total. The first-order valence-electron chi connectivity index (χ1n) is 10.2. The van der Waals surface area contributed by atoms with Crippen molar-refractivity contribution in [2.24, 2.45) is 5.92 Å². The van der Waals surface area contributed by atoms with Crippen LogP contribution in [0.3, 0.4) is 0 Å². The Morgan fingerprint density at radius 2 is 1.96 bits per heavy atom. The molecule has 0 radical (unpaired) electrons. The Bertz CT molecular complexity index is 794. The highest BCUT2D eigenvalue weighted by molar-refractivity contribution is 5.79. The Labute approximate surface area is 166 Å². The third kappa shape index (κ3) is 4.50. The lowest BCUT2D eigenvalue weighted by Gasteiger charge is -2.32. The summed E-state index contributed by atoms with van der Waals surface area (Å²) in [6, 6.07) is 10.2. The quantitative estimate of drug-likeness (QED) is 0.864. The molecular weight excluding hydrogens is 352 g/mol. The minimum Gasteiger partial charge on any atom is -0.376 e. The molecular formula is C22H28N4O2. The van der Waals surface area contributed by atoms with Crippen molar-refractivity contribution in [2.75, 3.05) is 31.1 Å². The largest absolute Gasteiger partial charge is 0.376 e. The molecule has 2 aliphatic heterocycles. The van der Waals surface area contributed by atoms with Crippen molar-refractivity contribution in [2.45, 2.75) is 38.7 Å². The second kappa shape index (κ2) is 8.69. The number of benzene rings is 1. The van der Waals surface area contributed by atoms with E-state index in [0.717, 1.165) is 62.6 Å². The average Bonchev–Trinajstić information content (AvgIpc) is 3.26. The zero-order valence-electron chi connectivity index (χ0n) is 16.4. The summed E-state index contributed by atoms with van der Waals surface area (Å²) in [6.45, 7) is 5.21. The number of piperidine rings is 1. The van der Waals surface area contributed by atoms with E-state index >= 15 is 0 Å². The van der Waals surface area contributed by atoms with E-state index in [1.54, 1.807) is 0 Å². The number of nitrogens with one attached hydrogen (secondary N) is 1. The van der Waals surface area contributed by atoms with Gasteiger partial charge in [-0.15, -0.1) is 0 Å².